The molecule has 26 nitrogen and oxygen atoms in total. The number of nitrogens with one attached hydrogen (secondary N) is 6. The second-order valence-corrected chi connectivity index (χ2v) is 16.2. The molecule has 0 saturated carbocycles. The van der Waals surface area contributed by atoms with Gasteiger partial charge >= 0.3 is 25.8 Å². The number of nitrogen functional groups attached to an aromatic ring is 1. The predicted molar refractivity (Wildman–Crippen MR) is 255 cm³/mol. The second kappa shape index (κ2) is 33.0. The van der Waals surface area contributed by atoms with Gasteiger partial charge in [0.15, 0.2) is 11.2 Å². The average Bonchev–Trinajstić information content (AvgIpc) is 3.33. The van der Waals surface area contributed by atoms with E-state index in [2.05, 4.69) is 46.5 Å². The molecule has 3 aromatic rings. The van der Waals surface area contributed by atoms with Gasteiger partial charge in [-0.15, -0.1) is 0 Å². The van der Waals surface area contributed by atoms with Crippen LogP contribution in [0.4, 0.5) is 11.6 Å². The van der Waals surface area contributed by atoms with Crippen molar-refractivity contribution in [2.45, 2.75) is 116 Å². The number of unbranched alkanes of at least 4 members (excludes halogenated alkanes) is 6. The van der Waals surface area contributed by atoms with E-state index in [0.717, 1.165) is 0 Å². The Morgan fingerprint density at radius 3 is 1.66 bits per heavy atom. The van der Waals surface area contributed by atoms with Crippen LogP contribution in [0.1, 0.15) is 119 Å². The molecule has 0 spiro atoms. The van der Waals surface area contributed by atoms with Crippen LogP contribution in [0.2, 0.25) is 0 Å². The fraction of sp³-hybridized carbons (Fsp3) is 0.545. The van der Waals surface area contributed by atoms with Crippen molar-refractivity contribution < 1.29 is 59.1 Å². The molecule has 2 heterocycles. The SMILES string of the molecule is CC(=O)N(O)CCCCCNC(=O)CCC(=O)N(O)CCCCCNC(=O)CCC(=O)N(O)CCCCCNC(=O)CC[C@H](NC(=O)c1ccc(NCc2cnc3nc(N)[nH]c(=O)c3n2)cc1)C(=O)O.[66Ga+3]. The Hall–Kier alpha value is -6.68. The average molecular weight is 1050 g/mol. The van der Waals surface area contributed by atoms with Gasteiger partial charge in [0.25, 0.3) is 11.5 Å². The van der Waals surface area contributed by atoms with Gasteiger partial charge < -0.3 is 37.4 Å². The molecule has 71 heavy (non-hydrogen) atoms. The molecule has 12 N–H and O–H groups in total. The number of aromatic nitrogens is 4. The van der Waals surface area contributed by atoms with E-state index in [-0.39, 0.29) is 126 Å². The van der Waals surface area contributed by atoms with Crippen molar-refractivity contribution in [3.05, 3.63) is 52.1 Å². The molecule has 0 fully saturated rings. The zero-order chi connectivity index (χ0) is 51.4. The van der Waals surface area contributed by atoms with Gasteiger partial charge in [-0.1, -0.05) is 0 Å². The normalized spacial score (nSPS) is 11.1. The number of aliphatic carboxylic acids is 1. The molecule has 1 aromatic carbocycles. The molecule has 1 atom stereocenters. The Labute approximate surface area is 422 Å². The number of rotatable bonds is 33. The van der Waals surface area contributed by atoms with E-state index < -0.39 is 47.1 Å². The standard InChI is InChI=1S/C44H65N13O13.Ga/c1-29(58)55(68)24-8-2-5-22-47-35(60)17-19-37(62)57(70)26-10-4-7-23-48-36(61)18-20-38(63)56(69)25-9-3-6-21-46-34(59)16-15-33(43(66)67)52-41(64)30-11-13-31(14-12-30)49-27-32-28-50-40-39(51-32)42(65)54-44(45)53-40;/h11-14,28,33,49,68-70H,2-10,15-27H2,1H3,(H,46,59)(H,47,60)(H,48,61)(H,52,64)(H,66,67)(H3,45,50,53,54,65);/q;+3/t33-;/m0./s1/i;1-4. The molecule has 27 heteroatoms. The molecule has 0 aliphatic heterocycles. The fourth-order valence-corrected chi connectivity index (χ4v) is 6.51. The number of carbonyl (C=O) groups excluding carboxylic acids is 7. The van der Waals surface area contributed by atoms with Gasteiger partial charge in [-0.3, -0.25) is 59.0 Å². The summed E-state index contributed by atoms with van der Waals surface area (Å²) in [5.74, 6) is -4.83. The van der Waals surface area contributed by atoms with Gasteiger partial charge in [0.1, 0.15) is 6.04 Å². The number of hydroxylamine groups is 6. The summed E-state index contributed by atoms with van der Waals surface area (Å²) in [5.41, 5.74) is 6.38. The van der Waals surface area contributed by atoms with E-state index in [1.807, 2.05) is 0 Å². The van der Waals surface area contributed by atoms with Crippen LogP contribution in [-0.2, 0) is 40.1 Å². The van der Waals surface area contributed by atoms with Crippen molar-refractivity contribution in [2.24, 2.45) is 0 Å². The first kappa shape index (κ1) is 60.4. The summed E-state index contributed by atoms with van der Waals surface area (Å²) in [5, 5.41) is 54.4. The van der Waals surface area contributed by atoms with Crippen molar-refractivity contribution in [3.63, 3.8) is 0 Å². The quantitative estimate of drug-likeness (QED) is 0.0172. The van der Waals surface area contributed by atoms with Gasteiger partial charge in [-0.25, -0.2) is 30.0 Å². The van der Waals surface area contributed by atoms with Gasteiger partial charge in [0.05, 0.1) is 18.4 Å². The Morgan fingerprint density at radius 2 is 1.17 bits per heavy atom. The molecule has 2 aromatic heterocycles. The number of carboxylic acid groups (broad SMARTS) is 1. The fourth-order valence-electron chi connectivity index (χ4n) is 6.51. The topological polar surface area (TPSA) is 385 Å². The third-order valence-corrected chi connectivity index (χ3v) is 10.5. The number of anilines is 2. The number of nitrogens with zero attached hydrogens (tertiary/aromatic N) is 6. The van der Waals surface area contributed by atoms with E-state index >= 15 is 0 Å². The molecule has 0 aliphatic rings. The smallest absolute Gasteiger partial charge is 0.480 e. The van der Waals surface area contributed by atoms with Crippen molar-refractivity contribution in [1.29, 1.82) is 0 Å². The minimum Gasteiger partial charge on any atom is -0.480 e. The maximum absolute atomic E-state index is 12.8. The Bertz CT molecular complexity index is 2290. The van der Waals surface area contributed by atoms with E-state index in [0.29, 0.717) is 97.4 Å². The van der Waals surface area contributed by atoms with E-state index in [9.17, 15) is 63.9 Å². The minimum atomic E-state index is -1.33. The summed E-state index contributed by atoms with van der Waals surface area (Å²) in [4.78, 5) is 123. The van der Waals surface area contributed by atoms with Gasteiger partial charge in [0.2, 0.25) is 41.4 Å². The van der Waals surface area contributed by atoms with Gasteiger partial charge in [-0.2, -0.15) is 4.98 Å². The number of H-pyrrole nitrogens is 1. The second-order valence-electron chi connectivity index (χ2n) is 16.2. The predicted octanol–water partition coefficient (Wildman–Crippen LogP) is 0.583. The van der Waals surface area contributed by atoms with Crippen LogP contribution in [0.25, 0.3) is 11.2 Å². The van der Waals surface area contributed by atoms with Gasteiger partial charge in [0, 0.05) is 89.5 Å². The first-order valence-electron chi connectivity index (χ1n) is 23.1. The van der Waals surface area contributed by atoms with Crippen LogP contribution in [0.3, 0.4) is 0 Å². The number of carboxylic acids is 1. The third kappa shape index (κ3) is 24.1. The molecule has 384 valence electrons. The summed E-state index contributed by atoms with van der Waals surface area (Å²) in [7, 11) is 0. The van der Waals surface area contributed by atoms with Crippen LogP contribution >= 0.6 is 0 Å². The number of amides is 7. The number of carbonyl (C=O) groups is 8. The Morgan fingerprint density at radius 1 is 0.676 bits per heavy atom. The molecule has 7 amide bonds. The van der Waals surface area contributed by atoms with Crippen molar-refractivity contribution in [2.75, 3.05) is 50.3 Å². The number of aromatic amines is 1. The monoisotopic (exact) mass is 1050 g/mol. The number of hydrogen-bond acceptors (Lipinski definition) is 17. The summed E-state index contributed by atoms with van der Waals surface area (Å²) in [6, 6.07) is 4.85. The number of fused-ring (bicyclic) bond motifs is 1. The summed E-state index contributed by atoms with van der Waals surface area (Å²) in [6.45, 7) is 2.68. The van der Waals surface area contributed by atoms with Crippen molar-refractivity contribution >= 4 is 89.9 Å². The summed E-state index contributed by atoms with van der Waals surface area (Å²) in [6.07, 6.45) is 5.46. The largest absolute Gasteiger partial charge is 3.00 e. The first-order valence-corrected chi connectivity index (χ1v) is 23.1. The van der Waals surface area contributed by atoms with Crippen molar-refractivity contribution in [3.8, 4) is 0 Å². The van der Waals surface area contributed by atoms with E-state index in [1.165, 1.54) is 25.3 Å². The molecule has 0 unspecified atom stereocenters. The van der Waals surface area contributed by atoms with Crippen LogP contribution < -0.4 is 37.9 Å². The maximum atomic E-state index is 12.8. The molecule has 0 radical (unpaired) electrons. The molecule has 0 saturated heterocycles. The van der Waals surface area contributed by atoms with Gasteiger partial charge in [-0.05, 0) is 88.5 Å². The first-order chi connectivity index (χ1) is 33.4. The Kier molecular flexibility index (Phi) is 28.1. The molecule has 0 bridgehead atoms. The molecular formula is C44H65GaN13O13+3. The third-order valence-electron chi connectivity index (χ3n) is 10.5. The zero-order valence-corrected chi connectivity index (χ0v) is 42.2. The number of nitrogens with two attached hydrogens (primary N) is 1. The minimum absolute atomic E-state index is 0. The van der Waals surface area contributed by atoms with Crippen molar-refractivity contribution in [1.82, 2.24) is 56.4 Å². The zero-order valence-electron chi connectivity index (χ0n) is 39.8. The molecule has 3 rings (SSSR count). The van der Waals surface area contributed by atoms with Crippen LogP contribution in [-0.4, -0.2) is 168 Å². The van der Waals surface area contributed by atoms with Crippen LogP contribution in [0.15, 0.2) is 35.3 Å². The number of hydrogen-bond donors (Lipinski definition) is 11. The maximum Gasteiger partial charge on any atom is 3.00 e. The summed E-state index contributed by atoms with van der Waals surface area (Å²) >= 11 is 0. The Balaban J connectivity index is 0.0000173. The molecular weight excluding hydrogens is 984 g/mol. The summed E-state index contributed by atoms with van der Waals surface area (Å²) < 4.78 is 0. The van der Waals surface area contributed by atoms with E-state index in [4.69, 9.17) is 5.73 Å². The number of benzene rings is 1. The van der Waals surface area contributed by atoms with E-state index in [1.54, 1.807) is 12.1 Å². The van der Waals surface area contributed by atoms with Crippen LogP contribution in [0.5, 0.6) is 0 Å². The molecule has 0 aliphatic carbocycles. The van der Waals surface area contributed by atoms with Crippen LogP contribution in [0, 0.1) is 0 Å².